The summed E-state index contributed by atoms with van der Waals surface area (Å²) in [6.45, 7) is 8.38. The molecule has 0 aliphatic rings. The van der Waals surface area contributed by atoms with E-state index in [9.17, 15) is 5.11 Å². The molecule has 3 nitrogen and oxygen atoms in total. The van der Waals surface area contributed by atoms with E-state index in [4.69, 9.17) is 9.47 Å². The van der Waals surface area contributed by atoms with E-state index in [-0.39, 0.29) is 6.10 Å². The lowest BCUT2D eigenvalue weighted by atomic mass is 9.99. The van der Waals surface area contributed by atoms with E-state index in [2.05, 4.69) is 6.92 Å². The Bertz CT molecular complexity index is 372. The summed E-state index contributed by atoms with van der Waals surface area (Å²) in [4.78, 5) is 0. The molecule has 0 aromatic heterocycles. The molecule has 1 N–H and O–H groups in total. The van der Waals surface area contributed by atoms with Gasteiger partial charge in [0, 0.05) is 6.07 Å². The molecule has 0 bridgehead atoms. The molecule has 1 atom stereocenters. The topological polar surface area (TPSA) is 38.7 Å². The minimum absolute atomic E-state index is 0.193. The monoisotopic (exact) mass is 266 g/mol. The highest BCUT2D eigenvalue weighted by Gasteiger charge is 2.23. The summed E-state index contributed by atoms with van der Waals surface area (Å²) in [7, 11) is 0. The van der Waals surface area contributed by atoms with Crippen molar-refractivity contribution in [2.24, 2.45) is 0 Å². The smallest absolute Gasteiger partial charge is 0.123 e. The minimum Gasteiger partial charge on any atom is -0.491 e. The van der Waals surface area contributed by atoms with Crippen LogP contribution in [0.4, 0.5) is 0 Å². The molecule has 3 heteroatoms. The lowest BCUT2D eigenvalue weighted by molar-refractivity contribution is -0.0114. The first-order valence-electron chi connectivity index (χ1n) is 7.15. The number of rotatable bonds is 8. The van der Waals surface area contributed by atoms with Crippen LogP contribution in [0.2, 0.25) is 0 Å². The van der Waals surface area contributed by atoms with E-state index in [1.165, 1.54) is 0 Å². The Kier molecular flexibility index (Phi) is 6.16. The highest BCUT2D eigenvalue weighted by molar-refractivity contribution is 5.33. The molecule has 0 unspecified atom stereocenters. The van der Waals surface area contributed by atoms with Gasteiger partial charge in [0.15, 0.2) is 0 Å². The Labute approximate surface area is 116 Å². The molecule has 0 amide bonds. The normalized spacial score (nSPS) is 13.1. The zero-order chi connectivity index (χ0) is 14.3. The van der Waals surface area contributed by atoms with E-state index in [1.807, 2.05) is 45.0 Å². The Hall–Kier alpha value is -1.22. The van der Waals surface area contributed by atoms with E-state index < -0.39 is 5.60 Å². The summed E-state index contributed by atoms with van der Waals surface area (Å²) in [6, 6.07) is 7.59. The maximum atomic E-state index is 10.2. The largest absolute Gasteiger partial charge is 0.491 e. The van der Waals surface area contributed by atoms with Crippen LogP contribution in [0.25, 0.3) is 0 Å². The molecule has 108 valence electrons. The first kappa shape index (κ1) is 15.8. The standard InChI is InChI=1S/C16H26O3/c1-5-13(4)19-15-10-8-9-14(11-15)18-12-16(17,6-2)7-3/h8-11,13,17H,5-7,12H2,1-4H3/t13-/m1/s1. The van der Waals surface area contributed by atoms with Crippen molar-refractivity contribution in [3.63, 3.8) is 0 Å². The molecule has 1 aromatic rings. The van der Waals surface area contributed by atoms with Gasteiger partial charge in [-0.2, -0.15) is 0 Å². The Morgan fingerprint density at radius 3 is 2.37 bits per heavy atom. The maximum absolute atomic E-state index is 10.2. The van der Waals surface area contributed by atoms with Gasteiger partial charge in [0.1, 0.15) is 18.1 Å². The molecule has 0 saturated heterocycles. The molecule has 19 heavy (non-hydrogen) atoms. The van der Waals surface area contributed by atoms with Gasteiger partial charge >= 0.3 is 0 Å². The minimum atomic E-state index is -0.742. The lowest BCUT2D eigenvalue weighted by Crippen LogP contribution is -2.34. The molecule has 0 heterocycles. The molecule has 0 aliphatic heterocycles. The molecule has 1 rings (SSSR count). The van der Waals surface area contributed by atoms with Crippen LogP contribution in [0.1, 0.15) is 47.0 Å². The molecule has 0 radical (unpaired) electrons. The number of aliphatic hydroxyl groups is 1. The van der Waals surface area contributed by atoms with Crippen LogP contribution in [-0.4, -0.2) is 23.4 Å². The van der Waals surface area contributed by atoms with Crippen molar-refractivity contribution in [3.8, 4) is 11.5 Å². The Balaban J connectivity index is 2.62. The summed E-state index contributed by atoms with van der Waals surface area (Å²) >= 11 is 0. The van der Waals surface area contributed by atoms with Gasteiger partial charge in [-0.1, -0.05) is 26.8 Å². The summed E-state index contributed by atoms with van der Waals surface area (Å²) < 4.78 is 11.4. The first-order valence-corrected chi connectivity index (χ1v) is 7.15. The van der Waals surface area contributed by atoms with Crippen molar-refractivity contribution < 1.29 is 14.6 Å². The summed E-state index contributed by atoms with van der Waals surface area (Å²) in [5.41, 5.74) is -0.742. The number of benzene rings is 1. The van der Waals surface area contributed by atoms with Crippen molar-refractivity contribution in [1.82, 2.24) is 0 Å². The van der Waals surface area contributed by atoms with Gasteiger partial charge < -0.3 is 14.6 Å². The zero-order valence-corrected chi connectivity index (χ0v) is 12.5. The summed E-state index contributed by atoms with van der Waals surface area (Å²) in [6.07, 6.45) is 2.54. The SMILES string of the molecule is CC[C@@H](C)Oc1cccc(OCC(O)(CC)CC)c1. The average molecular weight is 266 g/mol. The second-order valence-corrected chi connectivity index (χ2v) is 5.03. The quantitative estimate of drug-likeness (QED) is 0.778. The molecule has 1 aromatic carbocycles. The van der Waals surface area contributed by atoms with Crippen molar-refractivity contribution in [1.29, 1.82) is 0 Å². The van der Waals surface area contributed by atoms with Gasteiger partial charge in [0.2, 0.25) is 0 Å². The second kappa shape index (κ2) is 7.39. The predicted molar refractivity (Wildman–Crippen MR) is 77.8 cm³/mol. The summed E-state index contributed by atoms with van der Waals surface area (Å²) in [5, 5.41) is 10.2. The predicted octanol–water partition coefficient (Wildman–Crippen LogP) is 3.79. The van der Waals surface area contributed by atoms with Crippen LogP contribution >= 0.6 is 0 Å². The molecular formula is C16H26O3. The van der Waals surface area contributed by atoms with Crippen LogP contribution in [0.5, 0.6) is 11.5 Å². The van der Waals surface area contributed by atoms with Gasteiger partial charge in [-0.05, 0) is 38.3 Å². The van der Waals surface area contributed by atoms with Gasteiger partial charge in [-0.3, -0.25) is 0 Å². The van der Waals surface area contributed by atoms with Crippen LogP contribution in [0.15, 0.2) is 24.3 Å². The van der Waals surface area contributed by atoms with Crippen LogP contribution in [-0.2, 0) is 0 Å². The molecular weight excluding hydrogens is 240 g/mol. The number of hydrogen-bond donors (Lipinski definition) is 1. The third-order valence-corrected chi connectivity index (χ3v) is 3.54. The van der Waals surface area contributed by atoms with Crippen molar-refractivity contribution in [3.05, 3.63) is 24.3 Å². The molecule has 0 spiro atoms. The maximum Gasteiger partial charge on any atom is 0.123 e. The van der Waals surface area contributed by atoms with Crippen molar-refractivity contribution in [2.75, 3.05) is 6.61 Å². The zero-order valence-electron chi connectivity index (χ0n) is 12.5. The van der Waals surface area contributed by atoms with E-state index >= 15 is 0 Å². The third kappa shape index (κ3) is 5.11. The molecule has 0 saturated carbocycles. The van der Waals surface area contributed by atoms with Crippen LogP contribution in [0.3, 0.4) is 0 Å². The first-order chi connectivity index (χ1) is 9.03. The van der Waals surface area contributed by atoms with Crippen molar-refractivity contribution in [2.45, 2.75) is 58.7 Å². The average Bonchev–Trinajstić information content (AvgIpc) is 2.45. The number of hydrogen-bond acceptors (Lipinski definition) is 3. The van der Waals surface area contributed by atoms with Crippen molar-refractivity contribution >= 4 is 0 Å². The fourth-order valence-electron chi connectivity index (χ4n) is 1.62. The third-order valence-electron chi connectivity index (χ3n) is 3.54. The van der Waals surface area contributed by atoms with E-state index in [0.29, 0.717) is 19.4 Å². The van der Waals surface area contributed by atoms with E-state index in [0.717, 1.165) is 17.9 Å². The van der Waals surface area contributed by atoms with Gasteiger partial charge in [0.05, 0.1) is 11.7 Å². The highest BCUT2D eigenvalue weighted by atomic mass is 16.5. The Morgan fingerprint density at radius 2 is 1.79 bits per heavy atom. The van der Waals surface area contributed by atoms with Gasteiger partial charge in [0.25, 0.3) is 0 Å². The Morgan fingerprint density at radius 1 is 1.16 bits per heavy atom. The van der Waals surface area contributed by atoms with Gasteiger partial charge in [-0.15, -0.1) is 0 Å². The highest BCUT2D eigenvalue weighted by Crippen LogP contribution is 2.23. The second-order valence-electron chi connectivity index (χ2n) is 5.03. The van der Waals surface area contributed by atoms with E-state index in [1.54, 1.807) is 0 Å². The molecule has 0 fully saturated rings. The number of ether oxygens (including phenoxy) is 2. The lowest BCUT2D eigenvalue weighted by Gasteiger charge is -2.25. The fourth-order valence-corrected chi connectivity index (χ4v) is 1.62. The molecule has 0 aliphatic carbocycles. The van der Waals surface area contributed by atoms with Gasteiger partial charge in [-0.25, -0.2) is 0 Å². The van der Waals surface area contributed by atoms with Crippen LogP contribution < -0.4 is 9.47 Å². The summed E-state index contributed by atoms with van der Waals surface area (Å²) in [5.74, 6) is 1.55. The van der Waals surface area contributed by atoms with Crippen LogP contribution in [0, 0.1) is 0 Å². The fraction of sp³-hybridized carbons (Fsp3) is 0.625.